The van der Waals surface area contributed by atoms with Crippen LogP contribution in [-0.2, 0) is 0 Å². The van der Waals surface area contributed by atoms with E-state index < -0.39 is 0 Å². The van der Waals surface area contributed by atoms with Gasteiger partial charge in [0.15, 0.2) is 0 Å². The largest absolute Gasteiger partial charge is 0.495 e. The summed E-state index contributed by atoms with van der Waals surface area (Å²) < 4.78 is 5.97. The Bertz CT molecular complexity index is 575. The molecule has 0 aromatic heterocycles. The van der Waals surface area contributed by atoms with E-state index in [1.807, 2.05) is 36.4 Å². The predicted octanol–water partition coefficient (Wildman–Crippen LogP) is 4.44. The molecule has 0 radical (unpaired) electrons. The Balaban J connectivity index is 2.37. The van der Waals surface area contributed by atoms with E-state index in [1.54, 1.807) is 7.11 Å². The fourth-order valence-corrected chi connectivity index (χ4v) is 2.11. The van der Waals surface area contributed by atoms with E-state index in [9.17, 15) is 0 Å². The fourth-order valence-electron chi connectivity index (χ4n) is 1.58. The first-order chi connectivity index (χ1) is 8.63. The molecule has 18 heavy (non-hydrogen) atoms. The number of nitrogens with one attached hydrogen (secondary N) is 1. The SMILES string of the molecule is COc1cccc(Nc2cccc(Cl)c2Br)c1N. The third-order valence-electron chi connectivity index (χ3n) is 2.51. The smallest absolute Gasteiger partial charge is 0.143 e. The minimum absolute atomic E-state index is 0.562. The Morgan fingerprint density at radius 2 is 1.83 bits per heavy atom. The van der Waals surface area contributed by atoms with Crippen molar-refractivity contribution in [2.24, 2.45) is 0 Å². The second kappa shape index (κ2) is 5.50. The maximum absolute atomic E-state index is 6.04. The van der Waals surface area contributed by atoms with E-state index >= 15 is 0 Å². The molecule has 0 aliphatic carbocycles. The summed E-state index contributed by atoms with van der Waals surface area (Å²) >= 11 is 9.47. The molecule has 0 heterocycles. The van der Waals surface area contributed by atoms with Gasteiger partial charge in [-0.3, -0.25) is 0 Å². The van der Waals surface area contributed by atoms with Crippen molar-refractivity contribution < 1.29 is 4.74 Å². The van der Waals surface area contributed by atoms with Crippen molar-refractivity contribution in [1.82, 2.24) is 0 Å². The van der Waals surface area contributed by atoms with Crippen molar-refractivity contribution in [2.45, 2.75) is 0 Å². The molecular formula is C13H12BrClN2O. The standard InChI is InChI=1S/C13H12BrClN2O/c1-18-11-7-3-6-10(13(11)16)17-9-5-2-4-8(15)12(9)14/h2-7,17H,16H2,1H3. The minimum Gasteiger partial charge on any atom is -0.495 e. The van der Waals surface area contributed by atoms with E-state index in [0.717, 1.165) is 15.8 Å². The van der Waals surface area contributed by atoms with Crippen LogP contribution in [0.2, 0.25) is 5.02 Å². The summed E-state index contributed by atoms with van der Waals surface area (Å²) in [6.45, 7) is 0. The third kappa shape index (κ3) is 2.54. The van der Waals surface area contributed by atoms with E-state index in [1.165, 1.54) is 0 Å². The average Bonchev–Trinajstić information content (AvgIpc) is 2.37. The Labute approximate surface area is 119 Å². The number of halogens is 2. The first kappa shape index (κ1) is 13.1. The molecule has 0 aliphatic heterocycles. The number of nitrogen functional groups attached to an aromatic ring is 1. The number of benzene rings is 2. The maximum Gasteiger partial charge on any atom is 0.143 e. The summed E-state index contributed by atoms with van der Waals surface area (Å²) in [7, 11) is 1.59. The van der Waals surface area contributed by atoms with Gasteiger partial charge in [0.2, 0.25) is 0 Å². The molecule has 94 valence electrons. The molecule has 0 atom stereocenters. The molecule has 2 aromatic carbocycles. The normalized spacial score (nSPS) is 10.2. The van der Waals surface area contributed by atoms with Gasteiger partial charge in [-0.1, -0.05) is 23.7 Å². The van der Waals surface area contributed by atoms with Crippen LogP contribution in [0.1, 0.15) is 0 Å². The molecule has 0 fully saturated rings. The summed E-state index contributed by atoms with van der Waals surface area (Å²) in [5, 5.41) is 3.86. The Morgan fingerprint density at radius 3 is 2.56 bits per heavy atom. The van der Waals surface area contributed by atoms with Crippen LogP contribution in [-0.4, -0.2) is 7.11 Å². The zero-order valence-corrected chi connectivity index (χ0v) is 12.0. The number of rotatable bonds is 3. The highest BCUT2D eigenvalue weighted by Gasteiger charge is 2.08. The molecule has 2 rings (SSSR count). The number of ether oxygens (including phenoxy) is 1. The molecule has 2 aromatic rings. The molecule has 0 saturated heterocycles. The lowest BCUT2D eigenvalue weighted by atomic mass is 10.2. The van der Waals surface area contributed by atoms with Gasteiger partial charge >= 0.3 is 0 Å². The van der Waals surface area contributed by atoms with Gasteiger partial charge in [0, 0.05) is 0 Å². The quantitative estimate of drug-likeness (QED) is 0.819. The lowest BCUT2D eigenvalue weighted by Gasteiger charge is -2.13. The van der Waals surface area contributed by atoms with E-state index in [0.29, 0.717) is 16.5 Å². The van der Waals surface area contributed by atoms with Gasteiger partial charge in [0.05, 0.1) is 33.7 Å². The number of anilines is 3. The van der Waals surface area contributed by atoms with Crippen LogP contribution in [0.5, 0.6) is 5.75 Å². The molecule has 0 bridgehead atoms. The number of hydrogen-bond acceptors (Lipinski definition) is 3. The van der Waals surface area contributed by atoms with E-state index in [-0.39, 0.29) is 0 Å². The maximum atomic E-state index is 6.04. The third-order valence-corrected chi connectivity index (χ3v) is 3.90. The first-order valence-corrected chi connectivity index (χ1v) is 6.44. The number of methoxy groups -OCH3 is 1. The van der Waals surface area contributed by atoms with Crippen molar-refractivity contribution in [3.8, 4) is 5.75 Å². The number of para-hydroxylation sites is 1. The lowest BCUT2D eigenvalue weighted by molar-refractivity contribution is 0.417. The van der Waals surface area contributed by atoms with Crippen molar-refractivity contribution in [3.63, 3.8) is 0 Å². The highest BCUT2D eigenvalue weighted by atomic mass is 79.9. The monoisotopic (exact) mass is 326 g/mol. The van der Waals surface area contributed by atoms with Crippen molar-refractivity contribution in [3.05, 3.63) is 45.9 Å². The fraction of sp³-hybridized carbons (Fsp3) is 0.0769. The van der Waals surface area contributed by atoms with Gasteiger partial charge < -0.3 is 15.8 Å². The second-order valence-electron chi connectivity index (χ2n) is 3.65. The molecule has 5 heteroatoms. The summed E-state index contributed by atoms with van der Waals surface area (Å²) in [4.78, 5) is 0. The van der Waals surface area contributed by atoms with Gasteiger partial charge in [-0.2, -0.15) is 0 Å². The van der Waals surface area contributed by atoms with Crippen molar-refractivity contribution >= 4 is 44.6 Å². The average molecular weight is 328 g/mol. The van der Waals surface area contributed by atoms with Crippen LogP contribution in [0.25, 0.3) is 0 Å². The van der Waals surface area contributed by atoms with Gasteiger partial charge in [0.1, 0.15) is 5.75 Å². The second-order valence-corrected chi connectivity index (χ2v) is 4.85. The Kier molecular flexibility index (Phi) is 3.99. The van der Waals surface area contributed by atoms with Crippen LogP contribution >= 0.6 is 27.5 Å². The van der Waals surface area contributed by atoms with E-state index in [2.05, 4.69) is 21.2 Å². The highest BCUT2D eigenvalue weighted by molar-refractivity contribution is 9.10. The predicted molar refractivity (Wildman–Crippen MR) is 79.8 cm³/mol. The Morgan fingerprint density at radius 1 is 1.17 bits per heavy atom. The topological polar surface area (TPSA) is 47.3 Å². The summed E-state index contributed by atoms with van der Waals surface area (Å²) in [6, 6.07) is 11.2. The van der Waals surface area contributed by atoms with Crippen LogP contribution < -0.4 is 15.8 Å². The molecule has 0 amide bonds. The zero-order valence-electron chi connectivity index (χ0n) is 9.71. The molecule has 0 unspecified atom stereocenters. The molecule has 0 spiro atoms. The molecule has 0 saturated carbocycles. The summed E-state index contributed by atoms with van der Waals surface area (Å²) in [5.41, 5.74) is 8.18. The Hall–Kier alpha value is -1.39. The van der Waals surface area contributed by atoms with Crippen LogP contribution in [0, 0.1) is 0 Å². The first-order valence-electron chi connectivity index (χ1n) is 5.27. The highest BCUT2D eigenvalue weighted by Crippen LogP contribution is 2.36. The molecular weight excluding hydrogens is 316 g/mol. The lowest BCUT2D eigenvalue weighted by Crippen LogP contribution is -1.99. The van der Waals surface area contributed by atoms with Crippen LogP contribution in [0.4, 0.5) is 17.1 Å². The molecule has 3 nitrogen and oxygen atoms in total. The molecule has 3 N–H and O–H groups in total. The zero-order chi connectivity index (χ0) is 13.1. The van der Waals surface area contributed by atoms with E-state index in [4.69, 9.17) is 22.1 Å². The van der Waals surface area contributed by atoms with Crippen LogP contribution in [0.3, 0.4) is 0 Å². The summed E-state index contributed by atoms with van der Waals surface area (Å²) in [5.74, 6) is 0.637. The van der Waals surface area contributed by atoms with Crippen molar-refractivity contribution in [2.75, 3.05) is 18.2 Å². The number of nitrogens with two attached hydrogens (primary N) is 1. The van der Waals surface area contributed by atoms with Crippen molar-refractivity contribution in [1.29, 1.82) is 0 Å². The van der Waals surface area contributed by atoms with Crippen LogP contribution in [0.15, 0.2) is 40.9 Å². The summed E-state index contributed by atoms with van der Waals surface area (Å²) in [6.07, 6.45) is 0. The van der Waals surface area contributed by atoms with Gasteiger partial charge in [-0.15, -0.1) is 0 Å². The van der Waals surface area contributed by atoms with Gasteiger partial charge in [0.25, 0.3) is 0 Å². The van der Waals surface area contributed by atoms with Gasteiger partial charge in [-0.25, -0.2) is 0 Å². The molecule has 0 aliphatic rings. The number of hydrogen-bond donors (Lipinski definition) is 2. The van der Waals surface area contributed by atoms with Gasteiger partial charge in [-0.05, 0) is 40.2 Å². The minimum atomic E-state index is 0.562.